The first kappa shape index (κ1) is 18.9. The van der Waals surface area contributed by atoms with Crippen molar-refractivity contribution in [2.45, 2.75) is 13.2 Å². The summed E-state index contributed by atoms with van der Waals surface area (Å²) in [6.07, 6.45) is 1.74. The number of halogens is 1. The van der Waals surface area contributed by atoms with Gasteiger partial charge in [-0.15, -0.1) is 0 Å². The lowest BCUT2D eigenvalue weighted by Gasteiger charge is -2.09. The van der Waals surface area contributed by atoms with Crippen LogP contribution in [0.25, 0.3) is 0 Å². The van der Waals surface area contributed by atoms with Gasteiger partial charge in [0, 0.05) is 17.2 Å². The maximum atomic E-state index is 11.9. The number of hydrogen-bond donors (Lipinski definition) is 1. The molecule has 27 heavy (non-hydrogen) atoms. The van der Waals surface area contributed by atoms with Gasteiger partial charge >= 0.3 is 0 Å². The maximum Gasteiger partial charge on any atom is 0.258 e. The van der Waals surface area contributed by atoms with Crippen LogP contribution in [-0.2, 0) is 17.9 Å². The summed E-state index contributed by atoms with van der Waals surface area (Å²) in [6.45, 7) is 0.834. The molecule has 0 spiro atoms. The van der Waals surface area contributed by atoms with Crippen molar-refractivity contribution in [3.05, 3.63) is 88.7 Å². The van der Waals surface area contributed by atoms with Crippen LogP contribution in [0.3, 0.4) is 0 Å². The quantitative estimate of drug-likeness (QED) is 0.588. The number of aromatic nitrogens is 1. The van der Waals surface area contributed by atoms with Crippen LogP contribution in [0.4, 0.5) is 0 Å². The average Bonchev–Trinajstić information content (AvgIpc) is 2.72. The van der Waals surface area contributed by atoms with Gasteiger partial charge in [0.2, 0.25) is 0 Å². The fourth-order valence-electron chi connectivity index (χ4n) is 2.28. The van der Waals surface area contributed by atoms with Crippen LogP contribution in [0.15, 0.2) is 77.4 Å². The number of nitrogens with one attached hydrogen (secondary N) is 1. The lowest BCUT2D eigenvalue weighted by Crippen LogP contribution is -2.28. The Balaban J connectivity index is 1.40. The minimum absolute atomic E-state index is 0.0209. The van der Waals surface area contributed by atoms with Gasteiger partial charge in [0.1, 0.15) is 18.1 Å². The third-order valence-electron chi connectivity index (χ3n) is 3.71. The molecule has 0 bridgehead atoms. The summed E-state index contributed by atoms with van der Waals surface area (Å²) in [5.41, 5.74) is 1.86. The highest BCUT2D eigenvalue weighted by atomic mass is 79.9. The molecule has 5 nitrogen and oxygen atoms in total. The van der Waals surface area contributed by atoms with Crippen LogP contribution in [0, 0.1) is 0 Å². The summed E-state index contributed by atoms with van der Waals surface area (Å²) >= 11 is 3.36. The van der Waals surface area contributed by atoms with E-state index in [1.807, 2.05) is 54.6 Å². The molecule has 0 radical (unpaired) electrons. The molecule has 0 aliphatic heterocycles. The molecule has 0 saturated heterocycles. The van der Waals surface area contributed by atoms with Gasteiger partial charge in [0.05, 0.1) is 5.69 Å². The van der Waals surface area contributed by atoms with Gasteiger partial charge in [-0.05, 0) is 54.1 Å². The summed E-state index contributed by atoms with van der Waals surface area (Å²) in [7, 11) is 0. The molecule has 3 rings (SSSR count). The van der Waals surface area contributed by atoms with Gasteiger partial charge < -0.3 is 14.8 Å². The summed E-state index contributed by atoms with van der Waals surface area (Å²) in [4.78, 5) is 16.1. The number of carbonyl (C=O) groups excluding carboxylic acids is 1. The smallest absolute Gasteiger partial charge is 0.258 e. The molecular formula is C21H19BrN2O3. The van der Waals surface area contributed by atoms with E-state index in [0.717, 1.165) is 21.5 Å². The second-order valence-electron chi connectivity index (χ2n) is 5.77. The molecule has 0 aliphatic rings. The van der Waals surface area contributed by atoms with Crippen LogP contribution in [0.1, 0.15) is 11.3 Å². The topological polar surface area (TPSA) is 60.5 Å². The van der Waals surface area contributed by atoms with Gasteiger partial charge in [-0.2, -0.15) is 0 Å². The number of hydrogen-bond acceptors (Lipinski definition) is 4. The molecule has 6 heteroatoms. The van der Waals surface area contributed by atoms with Crippen molar-refractivity contribution in [1.29, 1.82) is 0 Å². The fraction of sp³-hybridized carbons (Fsp3) is 0.143. The molecular weight excluding hydrogens is 408 g/mol. The highest BCUT2D eigenvalue weighted by molar-refractivity contribution is 9.10. The van der Waals surface area contributed by atoms with E-state index in [2.05, 4.69) is 26.2 Å². The van der Waals surface area contributed by atoms with E-state index < -0.39 is 0 Å². The third-order valence-corrected chi connectivity index (χ3v) is 4.24. The number of ether oxygens (including phenoxy) is 2. The van der Waals surface area contributed by atoms with Crippen LogP contribution in [0.5, 0.6) is 11.5 Å². The van der Waals surface area contributed by atoms with Gasteiger partial charge in [-0.3, -0.25) is 9.78 Å². The number of amides is 1. The van der Waals surface area contributed by atoms with Gasteiger partial charge in [0.15, 0.2) is 6.61 Å². The summed E-state index contributed by atoms with van der Waals surface area (Å²) < 4.78 is 12.1. The van der Waals surface area contributed by atoms with Gasteiger partial charge in [0.25, 0.3) is 5.91 Å². The second kappa shape index (κ2) is 9.73. The Morgan fingerprint density at radius 2 is 1.63 bits per heavy atom. The van der Waals surface area contributed by atoms with Crippen molar-refractivity contribution in [3.8, 4) is 11.5 Å². The lowest BCUT2D eigenvalue weighted by molar-refractivity contribution is -0.123. The van der Waals surface area contributed by atoms with Crippen LogP contribution in [-0.4, -0.2) is 17.5 Å². The Hall–Kier alpha value is -2.86. The Bertz CT molecular complexity index is 853. The average molecular weight is 427 g/mol. The van der Waals surface area contributed by atoms with E-state index in [-0.39, 0.29) is 12.5 Å². The molecule has 0 fully saturated rings. The molecule has 1 N–H and O–H groups in total. The zero-order valence-electron chi connectivity index (χ0n) is 14.6. The molecule has 1 amide bonds. The lowest BCUT2D eigenvalue weighted by atomic mass is 10.2. The van der Waals surface area contributed by atoms with E-state index in [1.54, 1.807) is 18.3 Å². The Kier molecular flexibility index (Phi) is 6.82. The highest BCUT2D eigenvalue weighted by Crippen LogP contribution is 2.16. The number of benzene rings is 2. The van der Waals surface area contributed by atoms with Crippen LogP contribution in [0.2, 0.25) is 0 Å². The summed E-state index contributed by atoms with van der Waals surface area (Å²) in [6, 6.07) is 20.7. The van der Waals surface area contributed by atoms with E-state index >= 15 is 0 Å². The zero-order chi connectivity index (χ0) is 18.9. The number of nitrogens with zero attached hydrogens (tertiary/aromatic N) is 1. The number of pyridine rings is 1. The van der Waals surface area contributed by atoms with E-state index in [1.165, 1.54) is 0 Å². The van der Waals surface area contributed by atoms with Crippen molar-refractivity contribution in [3.63, 3.8) is 0 Å². The van der Waals surface area contributed by atoms with E-state index in [9.17, 15) is 4.79 Å². The van der Waals surface area contributed by atoms with Gasteiger partial charge in [-0.25, -0.2) is 0 Å². The molecule has 0 atom stereocenters. The molecule has 0 aliphatic carbocycles. The first-order valence-electron chi connectivity index (χ1n) is 8.46. The van der Waals surface area contributed by atoms with Crippen LogP contribution < -0.4 is 14.8 Å². The standard InChI is InChI=1S/C21H19BrN2O3/c22-17-6-10-20(11-7-17)27-15-21(25)24-13-16-4-8-19(9-5-16)26-14-18-3-1-2-12-23-18/h1-12H,13-15H2,(H,24,25). The summed E-state index contributed by atoms with van der Waals surface area (Å²) in [5, 5.41) is 2.83. The third kappa shape index (κ3) is 6.42. The summed E-state index contributed by atoms with van der Waals surface area (Å²) in [5.74, 6) is 1.24. The minimum Gasteiger partial charge on any atom is -0.487 e. The van der Waals surface area contributed by atoms with Crippen molar-refractivity contribution in [1.82, 2.24) is 10.3 Å². The van der Waals surface area contributed by atoms with Crippen molar-refractivity contribution in [2.75, 3.05) is 6.61 Å². The largest absolute Gasteiger partial charge is 0.487 e. The molecule has 1 heterocycles. The predicted octanol–water partition coefficient (Wildman–Crippen LogP) is 4.12. The molecule has 0 saturated carbocycles. The molecule has 1 aromatic heterocycles. The van der Waals surface area contributed by atoms with Crippen molar-refractivity contribution in [2.24, 2.45) is 0 Å². The van der Waals surface area contributed by atoms with Crippen LogP contribution >= 0.6 is 15.9 Å². The Labute approximate surface area is 166 Å². The fourth-order valence-corrected chi connectivity index (χ4v) is 2.54. The van der Waals surface area contributed by atoms with E-state index in [0.29, 0.717) is 18.9 Å². The highest BCUT2D eigenvalue weighted by Gasteiger charge is 2.04. The SMILES string of the molecule is O=C(COc1ccc(Br)cc1)NCc1ccc(OCc2ccccn2)cc1. The first-order chi connectivity index (χ1) is 13.2. The zero-order valence-corrected chi connectivity index (χ0v) is 16.2. The second-order valence-corrected chi connectivity index (χ2v) is 6.69. The Morgan fingerprint density at radius 1 is 0.926 bits per heavy atom. The Morgan fingerprint density at radius 3 is 2.33 bits per heavy atom. The number of carbonyl (C=O) groups is 1. The van der Waals surface area contributed by atoms with Crippen molar-refractivity contribution < 1.29 is 14.3 Å². The predicted molar refractivity (Wildman–Crippen MR) is 106 cm³/mol. The van der Waals surface area contributed by atoms with Crippen molar-refractivity contribution >= 4 is 21.8 Å². The molecule has 3 aromatic rings. The first-order valence-corrected chi connectivity index (χ1v) is 9.25. The maximum absolute atomic E-state index is 11.9. The molecule has 138 valence electrons. The monoisotopic (exact) mass is 426 g/mol. The van der Waals surface area contributed by atoms with Gasteiger partial charge in [-0.1, -0.05) is 34.1 Å². The number of rotatable bonds is 8. The molecule has 2 aromatic carbocycles. The normalized spacial score (nSPS) is 10.3. The molecule has 0 unspecified atom stereocenters. The van der Waals surface area contributed by atoms with E-state index in [4.69, 9.17) is 9.47 Å². The minimum atomic E-state index is -0.173.